The van der Waals surface area contributed by atoms with Crippen LogP contribution in [0.5, 0.6) is 11.5 Å². The van der Waals surface area contributed by atoms with Gasteiger partial charge in [0.05, 0.1) is 0 Å². The molecule has 10 aliphatic rings. The van der Waals surface area contributed by atoms with Crippen LogP contribution in [0.15, 0.2) is 41.0 Å². The Morgan fingerprint density at radius 1 is 0.651 bits per heavy atom. The van der Waals surface area contributed by atoms with Crippen molar-refractivity contribution in [3.63, 3.8) is 0 Å². The first-order chi connectivity index (χ1) is 29.2. The van der Waals surface area contributed by atoms with Gasteiger partial charge in [-0.25, -0.2) is 0 Å². The Hall–Kier alpha value is -3.32. The Morgan fingerprint density at radius 2 is 1.22 bits per heavy atom. The number of benzene rings is 1. The van der Waals surface area contributed by atoms with Crippen LogP contribution in [0.2, 0.25) is 0 Å². The SMILES string of the molecule is Cc1c2c(cc3c1C(=O)CC1C3(C)CCC3(C)C4CC(C)C(=O)CC4(C)CCC13C)OC1(O)C(=O)C=C3C(=CC=C4C3(C)CCC3(C)C5CC(C)C(=O)CC5(C)CCC43C)C1(C)O2. The van der Waals surface area contributed by atoms with Crippen LogP contribution in [0.3, 0.4) is 0 Å². The second-order valence-electron chi connectivity index (χ2n) is 25.7. The minimum Gasteiger partial charge on any atom is -0.471 e. The smallest absolute Gasteiger partial charge is 0.317 e. The van der Waals surface area contributed by atoms with Crippen LogP contribution in [0, 0.1) is 74.4 Å². The number of allylic oxidation sites excluding steroid dienone is 3. The molecule has 15 atom stereocenters. The van der Waals surface area contributed by atoms with E-state index in [0.29, 0.717) is 59.7 Å². The largest absolute Gasteiger partial charge is 0.471 e. The van der Waals surface area contributed by atoms with E-state index in [4.69, 9.17) is 9.47 Å². The van der Waals surface area contributed by atoms with E-state index >= 15 is 0 Å². The third-order valence-corrected chi connectivity index (χ3v) is 23.1. The molecular weight excluding hydrogens is 785 g/mol. The number of rotatable bonds is 0. The third kappa shape index (κ3) is 4.68. The molecule has 0 spiro atoms. The molecule has 1 aromatic carbocycles. The highest BCUT2D eigenvalue weighted by Gasteiger charge is 2.72. The molecule has 1 aromatic rings. The lowest BCUT2D eigenvalue weighted by Gasteiger charge is -2.71. The van der Waals surface area contributed by atoms with Crippen molar-refractivity contribution in [3.05, 3.63) is 57.7 Å². The number of carbonyl (C=O) groups excluding carboxylic acids is 4. The highest BCUT2D eigenvalue weighted by atomic mass is 16.7. The van der Waals surface area contributed by atoms with E-state index in [1.165, 1.54) is 5.57 Å². The number of aliphatic hydroxyl groups is 1. The standard InChI is InChI=1S/C56H72O7/c1-30-23-41-47(4,28-37(30)58)15-19-51(8)40-14-13-33-34(49(40,6)17-21-52(41,51)9)26-44(60)56(61)55(33,12)63-46-32(3)45-35(25-39(46)62-56)50(7)18-22-53(10)42-24-31(2)38(59)29-48(42,5)16-20-54(53,11)43(50)27-36(45)57/h13-14,25-26,30-31,41-43,61H,15-24,27-29H2,1-12H3. The van der Waals surface area contributed by atoms with Crippen LogP contribution in [0.25, 0.3) is 0 Å². The Labute approximate surface area is 375 Å². The van der Waals surface area contributed by atoms with E-state index in [1.807, 2.05) is 13.0 Å². The number of fused-ring (bicyclic) bond motifs is 17. The quantitative estimate of drug-likeness (QED) is 0.277. The van der Waals surface area contributed by atoms with E-state index in [1.54, 1.807) is 13.0 Å². The maximum absolute atomic E-state index is 14.9. The van der Waals surface area contributed by atoms with Crippen molar-refractivity contribution in [1.29, 1.82) is 0 Å². The summed E-state index contributed by atoms with van der Waals surface area (Å²) in [5.41, 5.74) is 2.67. The van der Waals surface area contributed by atoms with E-state index in [9.17, 15) is 24.3 Å². The molecular formula is C56H72O7. The summed E-state index contributed by atoms with van der Waals surface area (Å²) < 4.78 is 13.9. The third-order valence-electron chi connectivity index (χ3n) is 23.1. The van der Waals surface area contributed by atoms with Gasteiger partial charge in [0, 0.05) is 53.2 Å². The predicted octanol–water partition coefficient (Wildman–Crippen LogP) is 11.5. The van der Waals surface area contributed by atoms with Gasteiger partial charge >= 0.3 is 5.79 Å². The van der Waals surface area contributed by atoms with Gasteiger partial charge in [0.15, 0.2) is 17.3 Å². The average Bonchev–Trinajstić information content (AvgIpc) is 3.21. The highest BCUT2D eigenvalue weighted by molar-refractivity contribution is 6.04. The minimum atomic E-state index is -2.32. The Balaban J connectivity index is 0.980. The first-order valence-electron chi connectivity index (χ1n) is 24.8. The second kappa shape index (κ2) is 12.2. The van der Waals surface area contributed by atoms with E-state index in [2.05, 4.69) is 81.4 Å². The summed E-state index contributed by atoms with van der Waals surface area (Å²) in [6, 6.07) is 1.96. The summed E-state index contributed by atoms with van der Waals surface area (Å²) in [7, 11) is 0. The fraction of sp³-hybridized carbons (Fsp3) is 0.714. The van der Waals surface area contributed by atoms with Gasteiger partial charge in [0.25, 0.3) is 0 Å². The molecule has 7 heteroatoms. The molecule has 1 aliphatic heterocycles. The maximum atomic E-state index is 14.9. The number of hydrogen-bond donors (Lipinski definition) is 1. The Morgan fingerprint density at radius 3 is 1.87 bits per heavy atom. The Bertz CT molecular complexity index is 2470. The van der Waals surface area contributed by atoms with E-state index in [0.717, 1.165) is 86.5 Å². The molecule has 0 saturated heterocycles. The molecule has 63 heavy (non-hydrogen) atoms. The Kier molecular flexibility index (Phi) is 8.17. The molecule has 7 nitrogen and oxygen atoms in total. The van der Waals surface area contributed by atoms with Crippen molar-refractivity contribution in [3.8, 4) is 11.5 Å². The molecule has 338 valence electrons. The average molecular weight is 857 g/mol. The zero-order chi connectivity index (χ0) is 45.2. The van der Waals surface area contributed by atoms with Crippen molar-refractivity contribution in [2.75, 3.05) is 0 Å². The molecule has 0 radical (unpaired) electrons. The molecule has 1 N–H and O–H groups in total. The maximum Gasteiger partial charge on any atom is 0.317 e. The number of carbonyl (C=O) groups is 4. The van der Waals surface area contributed by atoms with Gasteiger partial charge in [-0.3, -0.25) is 19.2 Å². The lowest BCUT2D eigenvalue weighted by atomic mass is 9.33. The van der Waals surface area contributed by atoms with E-state index in [-0.39, 0.29) is 61.4 Å². The van der Waals surface area contributed by atoms with Gasteiger partial charge in [-0.1, -0.05) is 87.0 Å². The zero-order valence-corrected chi connectivity index (χ0v) is 40.3. The fourth-order valence-corrected chi connectivity index (χ4v) is 18.5. The second-order valence-corrected chi connectivity index (χ2v) is 25.7. The predicted molar refractivity (Wildman–Crippen MR) is 242 cm³/mol. The molecule has 0 aromatic heterocycles. The molecule has 6 saturated carbocycles. The molecule has 1 heterocycles. The molecule has 0 bridgehead atoms. The van der Waals surface area contributed by atoms with Crippen LogP contribution in [-0.4, -0.2) is 39.6 Å². The minimum absolute atomic E-state index is 0.00664. The van der Waals surface area contributed by atoms with Gasteiger partial charge in [-0.05, 0) is 157 Å². The van der Waals surface area contributed by atoms with Crippen LogP contribution < -0.4 is 9.47 Å². The summed E-state index contributed by atoms with van der Waals surface area (Å²) >= 11 is 0. The number of ether oxygens (including phenoxy) is 2. The first-order valence-corrected chi connectivity index (χ1v) is 24.8. The number of ketones is 4. The van der Waals surface area contributed by atoms with E-state index < -0.39 is 22.6 Å². The topological polar surface area (TPSA) is 107 Å². The van der Waals surface area contributed by atoms with Crippen LogP contribution in [-0.2, 0) is 19.8 Å². The van der Waals surface area contributed by atoms with Gasteiger partial charge in [-0.15, -0.1) is 0 Å². The molecule has 9 aliphatic carbocycles. The van der Waals surface area contributed by atoms with Gasteiger partial charge in [0.2, 0.25) is 11.4 Å². The normalized spacial score (nSPS) is 51.6. The van der Waals surface area contributed by atoms with Crippen molar-refractivity contribution in [2.45, 2.75) is 183 Å². The zero-order valence-electron chi connectivity index (χ0n) is 40.3. The number of hydrogen-bond acceptors (Lipinski definition) is 7. The molecule has 0 amide bonds. The van der Waals surface area contributed by atoms with Gasteiger partial charge in [0.1, 0.15) is 11.6 Å². The van der Waals surface area contributed by atoms with Crippen molar-refractivity contribution in [1.82, 2.24) is 0 Å². The van der Waals surface area contributed by atoms with Crippen LogP contribution >= 0.6 is 0 Å². The van der Waals surface area contributed by atoms with Crippen LogP contribution in [0.4, 0.5) is 0 Å². The summed E-state index contributed by atoms with van der Waals surface area (Å²) in [4.78, 5) is 55.9. The van der Waals surface area contributed by atoms with Gasteiger partial charge < -0.3 is 14.6 Å². The molecule has 11 rings (SSSR count). The lowest BCUT2D eigenvalue weighted by Crippen LogP contribution is -2.70. The summed E-state index contributed by atoms with van der Waals surface area (Å²) in [5.74, 6) is -0.0711. The fourth-order valence-electron chi connectivity index (χ4n) is 18.5. The monoisotopic (exact) mass is 857 g/mol. The van der Waals surface area contributed by atoms with Crippen molar-refractivity contribution in [2.24, 2.45) is 67.5 Å². The van der Waals surface area contributed by atoms with Crippen molar-refractivity contribution < 1.29 is 33.8 Å². The van der Waals surface area contributed by atoms with Crippen molar-refractivity contribution >= 4 is 23.1 Å². The summed E-state index contributed by atoms with van der Waals surface area (Å²) in [5, 5.41) is 12.8. The summed E-state index contributed by atoms with van der Waals surface area (Å²) in [6.45, 7) is 27.2. The molecule has 15 unspecified atom stereocenters. The first kappa shape index (κ1) is 42.3. The summed E-state index contributed by atoms with van der Waals surface area (Å²) in [6.07, 6.45) is 17.4. The van der Waals surface area contributed by atoms with Crippen LogP contribution in [0.1, 0.15) is 181 Å². The molecule has 6 fully saturated rings. The highest BCUT2D eigenvalue weighted by Crippen LogP contribution is 2.77. The number of Topliss-reactive ketones (excluding diaryl/α,β-unsaturated/α-hetero) is 3. The lowest BCUT2D eigenvalue weighted by molar-refractivity contribution is -0.231. The van der Waals surface area contributed by atoms with Gasteiger partial charge in [-0.2, -0.15) is 0 Å².